The molecule has 0 aliphatic rings. The summed E-state index contributed by atoms with van der Waals surface area (Å²) >= 11 is 0. The summed E-state index contributed by atoms with van der Waals surface area (Å²) in [5.41, 5.74) is 0. The van der Waals surface area contributed by atoms with E-state index in [1.54, 1.807) is 0 Å². The fourth-order valence-electron chi connectivity index (χ4n) is 6.06. The van der Waals surface area contributed by atoms with Gasteiger partial charge in [0.1, 0.15) is 13.1 Å². The Morgan fingerprint density at radius 3 is 0.946 bits per heavy atom. The molecular weight excluding hydrogens is 717 g/mol. The number of anilines is 6. The zero-order chi connectivity index (χ0) is 41.1. The van der Waals surface area contributed by atoms with Crippen molar-refractivity contribution in [3.8, 4) is 0 Å². The Kier molecular flexibility index (Phi) is 23.3. The fourth-order valence-corrected chi connectivity index (χ4v) is 6.06. The minimum atomic E-state index is -1.07. The molecule has 0 aliphatic carbocycles. The summed E-state index contributed by atoms with van der Waals surface area (Å²) in [5.74, 6) is 0.534. The highest BCUT2D eigenvalue weighted by Gasteiger charge is 2.16. The molecule has 0 radical (unpaired) electrons. The van der Waals surface area contributed by atoms with Gasteiger partial charge in [0.15, 0.2) is 0 Å². The summed E-state index contributed by atoms with van der Waals surface area (Å²) in [6.07, 6.45) is 15.7. The van der Waals surface area contributed by atoms with Gasteiger partial charge in [-0.2, -0.15) is 29.9 Å². The molecule has 2 heterocycles. The van der Waals surface area contributed by atoms with Gasteiger partial charge in [-0.05, 0) is 12.8 Å². The largest absolute Gasteiger partial charge is 0.544 e. The third kappa shape index (κ3) is 23.6. The highest BCUT2D eigenvalue weighted by molar-refractivity contribution is 5.65. The molecule has 18 heteroatoms. The van der Waals surface area contributed by atoms with Crippen LogP contribution in [-0.4, -0.2) is 144 Å². The fraction of sp³-hybridized carbons (Fsp3) is 0.789. The minimum Gasteiger partial charge on any atom is -0.544 e. The number of unbranched alkanes of at least 4 members (excludes halogenated alkanes) is 10. The summed E-state index contributed by atoms with van der Waals surface area (Å²) in [6.45, 7) is 9.22. The van der Waals surface area contributed by atoms with Gasteiger partial charge in [0, 0.05) is 52.1 Å². The molecule has 0 bridgehead atoms. The number of carboxylic acids is 2. The lowest BCUT2D eigenvalue weighted by Crippen LogP contribution is -2.49. The highest BCUT2D eigenvalue weighted by atomic mass is 16.4. The van der Waals surface area contributed by atoms with Crippen LogP contribution in [-0.2, 0) is 9.59 Å². The molecule has 0 amide bonds. The number of hydrogen-bond donors (Lipinski definition) is 6. The molecule has 6 N–H and O–H groups in total. The van der Waals surface area contributed by atoms with Crippen LogP contribution >= 0.6 is 0 Å². The van der Waals surface area contributed by atoms with Gasteiger partial charge < -0.3 is 60.7 Å². The van der Waals surface area contributed by atoms with Gasteiger partial charge in [-0.1, -0.05) is 78.1 Å². The highest BCUT2D eigenvalue weighted by Crippen LogP contribution is 2.13. The number of carbonyl (C=O) groups excluding carboxylic acids is 2. The van der Waals surface area contributed by atoms with E-state index in [9.17, 15) is 19.8 Å². The summed E-state index contributed by atoms with van der Waals surface area (Å²) in [4.78, 5) is 49.8. The number of likely N-dealkylation sites (N-methyl/N-ethyl adjacent to an activating group) is 2. The van der Waals surface area contributed by atoms with Crippen LogP contribution in [0.4, 0.5) is 35.7 Å². The standard InChI is InChI=1S/C38H72N14O4/c1-7-9-11-13-15-17-21-39-33-45-35(41-23-19-27-51(3,4)29-31(53)54)49-37(47-33)43-25-26-44-38-48-34(40-22-18-16-14-12-10-8-2)46-36(50-38)42-24-20-28-52(5,6)30-32(55)56/h7-30H2,1-6H3,(H6-2,39,40,41,42,43,44,45,46,47,48,49,50,53,54,55,56). The number of aliphatic carboxylic acids is 2. The maximum Gasteiger partial charge on any atom is 0.229 e. The average molecular weight is 789 g/mol. The van der Waals surface area contributed by atoms with Crippen molar-refractivity contribution >= 4 is 47.6 Å². The quantitative estimate of drug-likeness (QED) is 0.0435. The lowest BCUT2D eigenvalue weighted by atomic mass is 10.1. The molecule has 318 valence electrons. The third-order valence-corrected chi connectivity index (χ3v) is 9.15. The normalized spacial score (nSPS) is 11.6. The summed E-state index contributed by atoms with van der Waals surface area (Å²) < 4.78 is 0.651. The number of aromatic nitrogens is 6. The predicted molar refractivity (Wildman–Crippen MR) is 220 cm³/mol. The summed E-state index contributed by atoms with van der Waals surface area (Å²) in [5, 5.41) is 42.0. The number of quaternary nitrogens is 2. The molecule has 0 saturated heterocycles. The average Bonchev–Trinajstić information content (AvgIpc) is 3.12. The van der Waals surface area contributed by atoms with Crippen molar-refractivity contribution in [3.05, 3.63) is 0 Å². The molecule has 18 nitrogen and oxygen atoms in total. The van der Waals surface area contributed by atoms with E-state index in [1.807, 2.05) is 28.2 Å². The van der Waals surface area contributed by atoms with E-state index >= 15 is 0 Å². The Hall–Kier alpha value is -4.32. The van der Waals surface area contributed by atoms with Crippen LogP contribution < -0.4 is 42.1 Å². The van der Waals surface area contributed by atoms with Gasteiger partial charge in [-0.15, -0.1) is 0 Å². The van der Waals surface area contributed by atoms with E-state index in [2.05, 4.69) is 75.7 Å². The van der Waals surface area contributed by atoms with E-state index in [1.165, 1.54) is 51.4 Å². The van der Waals surface area contributed by atoms with Crippen LogP contribution in [0.15, 0.2) is 0 Å². The van der Waals surface area contributed by atoms with Crippen LogP contribution in [0.25, 0.3) is 0 Å². The Morgan fingerprint density at radius 2 is 0.661 bits per heavy atom. The SMILES string of the molecule is CCCCCCCCNc1nc(NCCC[N+](C)(C)CC(=O)[O-])nc(NCCNc2nc(NCCCCCCCC)nc(NCCC[N+](C)(C)CC(=O)[O-])n2)n1. The number of nitrogens with one attached hydrogen (secondary N) is 6. The van der Waals surface area contributed by atoms with Gasteiger partial charge in [-0.25, -0.2) is 0 Å². The summed E-state index contributed by atoms with van der Waals surface area (Å²) in [7, 11) is 7.47. The molecule has 2 aromatic heterocycles. The molecule has 0 saturated carbocycles. The van der Waals surface area contributed by atoms with Crippen molar-refractivity contribution in [2.75, 3.05) is 126 Å². The van der Waals surface area contributed by atoms with Crippen molar-refractivity contribution in [2.24, 2.45) is 0 Å². The molecule has 0 spiro atoms. The predicted octanol–water partition coefficient (Wildman–Crippen LogP) is 2.38. The number of carbonyl (C=O) groups is 2. The van der Waals surface area contributed by atoms with Gasteiger partial charge in [0.2, 0.25) is 35.7 Å². The first kappa shape index (κ1) is 47.8. The molecule has 56 heavy (non-hydrogen) atoms. The van der Waals surface area contributed by atoms with Crippen LogP contribution in [0, 0.1) is 0 Å². The van der Waals surface area contributed by atoms with Crippen LogP contribution in [0.5, 0.6) is 0 Å². The molecule has 0 atom stereocenters. The molecule has 0 aliphatic heterocycles. The van der Waals surface area contributed by atoms with E-state index in [-0.39, 0.29) is 13.1 Å². The van der Waals surface area contributed by atoms with Crippen molar-refractivity contribution < 1.29 is 28.8 Å². The topological polar surface area (TPSA) is 230 Å². The molecule has 2 aromatic rings. The first-order valence-corrected chi connectivity index (χ1v) is 20.8. The lowest BCUT2D eigenvalue weighted by molar-refractivity contribution is -0.884. The molecule has 0 aromatic carbocycles. The zero-order valence-corrected chi connectivity index (χ0v) is 35.2. The number of carboxylic acid groups (broad SMARTS) is 2. The molecular formula is C38H72N14O4. The second-order valence-electron chi connectivity index (χ2n) is 15.8. The monoisotopic (exact) mass is 789 g/mol. The summed E-state index contributed by atoms with van der Waals surface area (Å²) in [6, 6.07) is 0. The molecule has 2 rings (SSSR count). The van der Waals surface area contributed by atoms with E-state index in [4.69, 9.17) is 0 Å². The Bertz CT molecular complexity index is 1290. The first-order valence-electron chi connectivity index (χ1n) is 20.8. The second kappa shape index (κ2) is 27.3. The van der Waals surface area contributed by atoms with Crippen molar-refractivity contribution in [1.29, 1.82) is 0 Å². The van der Waals surface area contributed by atoms with E-state index in [0.29, 0.717) is 83.9 Å². The molecule has 0 fully saturated rings. The maximum absolute atomic E-state index is 11.1. The first-order chi connectivity index (χ1) is 26.8. The maximum atomic E-state index is 11.1. The van der Waals surface area contributed by atoms with Gasteiger partial charge in [0.25, 0.3) is 0 Å². The Labute approximate surface area is 335 Å². The van der Waals surface area contributed by atoms with Gasteiger partial charge in [-0.3, -0.25) is 0 Å². The zero-order valence-electron chi connectivity index (χ0n) is 35.2. The Balaban J connectivity index is 2.03. The van der Waals surface area contributed by atoms with Crippen molar-refractivity contribution in [3.63, 3.8) is 0 Å². The number of rotatable bonds is 35. The van der Waals surface area contributed by atoms with Crippen LogP contribution in [0.1, 0.15) is 104 Å². The number of hydrogen-bond acceptors (Lipinski definition) is 16. The Morgan fingerprint density at radius 1 is 0.411 bits per heavy atom. The van der Waals surface area contributed by atoms with Crippen LogP contribution in [0.3, 0.4) is 0 Å². The number of nitrogens with zero attached hydrogens (tertiary/aromatic N) is 8. The van der Waals surface area contributed by atoms with Crippen molar-refractivity contribution in [1.82, 2.24) is 29.9 Å². The third-order valence-electron chi connectivity index (χ3n) is 9.15. The second-order valence-corrected chi connectivity index (χ2v) is 15.8. The molecule has 0 unspecified atom stereocenters. The van der Waals surface area contributed by atoms with Gasteiger partial charge in [0.05, 0.1) is 53.2 Å². The van der Waals surface area contributed by atoms with E-state index in [0.717, 1.165) is 51.6 Å². The van der Waals surface area contributed by atoms with Crippen LogP contribution in [0.2, 0.25) is 0 Å². The van der Waals surface area contributed by atoms with Gasteiger partial charge >= 0.3 is 0 Å². The smallest absolute Gasteiger partial charge is 0.229 e. The lowest BCUT2D eigenvalue weighted by Gasteiger charge is -2.30. The minimum absolute atomic E-state index is 0.0495. The van der Waals surface area contributed by atoms with Crippen molar-refractivity contribution in [2.45, 2.75) is 104 Å². The van der Waals surface area contributed by atoms with E-state index < -0.39 is 11.9 Å².